The Hall–Kier alpha value is -1.23. The first kappa shape index (κ1) is 7.42. The van der Waals surface area contributed by atoms with Crippen LogP contribution in [0.15, 0.2) is 6.07 Å². The van der Waals surface area contributed by atoms with Crippen molar-refractivity contribution in [2.75, 3.05) is 18.5 Å². The highest BCUT2D eigenvalue weighted by molar-refractivity contribution is 7.18. The van der Waals surface area contributed by atoms with Crippen LogP contribution in [0.3, 0.4) is 0 Å². The largest absolute Gasteiger partial charge is 0.489 e. The summed E-state index contributed by atoms with van der Waals surface area (Å²) in [7, 11) is 0. The van der Waals surface area contributed by atoms with E-state index in [9.17, 15) is 4.79 Å². The Kier molecular flexibility index (Phi) is 1.65. The lowest BCUT2D eigenvalue weighted by atomic mass is 10.4. The third-order valence-corrected chi connectivity index (χ3v) is 2.62. The maximum absolute atomic E-state index is 10.5. The molecule has 1 aromatic rings. The predicted molar refractivity (Wildman–Crippen MR) is 45.3 cm³/mol. The number of aromatic carboxylic acids is 1. The number of thiophene rings is 1. The molecule has 1 aliphatic rings. The molecule has 0 amide bonds. The van der Waals surface area contributed by atoms with Crippen LogP contribution in [0.2, 0.25) is 0 Å². The number of carboxylic acid groups (broad SMARTS) is 1. The second-order valence-electron chi connectivity index (χ2n) is 2.38. The molecule has 1 aliphatic heterocycles. The average Bonchev–Trinajstić information content (AvgIpc) is 2.46. The first-order valence-electron chi connectivity index (χ1n) is 3.51. The maximum atomic E-state index is 10.5. The van der Waals surface area contributed by atoms with Crippen LogP contribution in [0.5, 0.6) is 5.75 Å². The minimum absolute atomic E-state index is 0.314. The zero-order valence-electron chi connectivity index (χ0n) is 6.16. The first-order chi connectivity index (χ1) is 5.77. The molecule has 12 heavy (non-hydrogen) atoms. The molecular weight excluding hydrogens is 178 g/mol. The highest BCUT2D eigenvalue weighted by Gasteiger charge is 2.17. The minimum Gasteiger partial charge on any atom is -0.489 e. The van der Waals surface area contributed by atoms with Gasteiger partial charge in [0.25, 0.3) is 0 Å². The molecule has 0 saturated heterocycles. The van der Waals surface area contributed by atoms with Crippen LogP contribution in [-0.4, -0.2) is 24.2 Å². The molecule has 2 rings (SSSR count). The van der Waals surface area contributed by atoms with Crippen molar-refractivity contribution in [1.29, 1.82) is 0 Å². The van der Waals surface area contributed by atoms with Gasteiger partial charge in [0, 0.05) is 12.6 Å². The van der Waals surface area contributed by atoms with Crippen molar-refractivity contribution < 1.29 is 14.6 Å². The van der Waals surface area contributed by atoms with E-state index in [-0.39, 0.29) is 0 Å². The molecule has 0 bridgehead atoms. The van der Waals surface area contributed by atoms with E-state index in [1.165, 1.54) is 11.3 Å². The van der Waals surface area contributed by atoms with E-state index in [1.807, 2.05) is 0 Å². The highest BCUT2D eigenvalue weighted by Crippen LogP contribution is 2.36. The summed E-state index contributed by atoms with van der Waals surface area (Å²) in [6.45, 7) is 1.34. The van der Waals surface area contributed by atoms with Gasteiger partial charge < -0.3 is 15.2 Å². The lowest BCUT2D eigenvalue weighted by molar-refractivity contribution is 0.0702. The molecule has 1 aromatic heterocycles. The Morgan fingerprint density at radius 1 is 1.75 bits per heavy atom. The summed E-state index contributed by atoms with van der Waals surface area (Å²) in [6, 6.07) is 1.55. The van der Waals surface area contributed by atoms with Gasteiger partial charge in [-0.2, -0.15) is 0 Å². The Balaban J connectivity index is 2.38. The number of hydrogen-bond donors (Lipinski definition) is 2. The zero-order chi connectivity index (χ0) is 8.55. The van der Waals surface area contributed by atoms with Crippen LogP contribution in [-0.2, 0) is 0 Å². The molecule has 0 fully saturated rings. The van der Waals surface area contributed by atoms with Gasteiger partial charge in [0.15, 0.2) is 5.75 Å². The van der Waals surface area contributed by atoms with Gasteiger partial charge in [-0.25, -0.2) is 4.79 Å². The fourth-order valence-corrected chi connectivity index (χ4v) is 1.90. The first-order valence-corrected chi connectivity index (χ1v) is 4.33. The molecule has 64 valence electrons. The fourth-order valence-electron chi connectivity index (χ4n) is 1.04. The Morgan fingerprint density at radius 3 is 3.25 bits per heavy atom. The minimum atomic E-state index is -0.903. The SMILES string of the molecule is O=C(O)c1cc2c(s1)NCCO2. The fraction of sp³-hybridized carbons (Fsp3) is 0.286. The lowest BCUT2D eigenvalue weighted by Gasteiger charge is -2.13. The highest BCUT2D eigenvalue weighted by atomic mass is 32.1. The Bertz CT molecular complexity index is 297. The van der Waals surface area contributed by atoms with E-state index in [1.54, 1.807) is 6.07 Å². The Morgan fingerprint density at radius 2 is 2.58 bits per heavy atom. The van der Waals surface area contributed by atoms with Gasteiger partial charge in [0.1, 0.15) is 16.5 Å². The molecule has 0 aliphatic carbocycles. The normalized spacial score (nSPS) is 14.3. The Labute approximate surface area is 72.8 Å². The van der Waals surface area contributed by atoms with Crippen molar-refractivity contribution in [3.05, 3.63) is 10.9 Å². The van der Waals surface area contributed by atoms with Crippen molar-refractivity contribution in [3.8, 4) is 5.75 Å². The molecule has 2 N–H and O–H groups in total. The molecule has 0 radical (unpaired) electrons. The van der Waals surface area contributed by atoms with Crippen molar-refractivity contribution in [2.24, 2.45) is 0 Å². The number of nitrogens with one attached hydrogen (secondary N) is 1. The molecule has 0 atom stereocenters. The van der Waals surface area contributed by atoms with Gasteiger partial charge >= 0.3 is 5.97 Å². The zero-order valence-corrected chi connectivity index (χ0v) is 6.98. The van der Waals surface area contributed by atoms with Crippen LogP contribution in [0.1, 0.15) is 9.67 Å². The number of rotatable bonds is 1. The second kappa shape index (κ2) is 2.67. The number of ether oxygens (including phenoxy) is 1. The maximum Gasteiger partial charge on any atom is 0.346 e. The quantitative estimate of drug-likeness (QED) is 0.691. The van der Waals surface area contributed by atoms with E-state index >= 15 is 0 Å². The van der Waals surface area contributed by atoms with Gasteiger partial charge in [-0.1, -0.05) is 0 Å². The summed E-state index contributed by atoms with van der Waals surface area (Å²) in [6.07, 6.45) is 0. The van der Waals surface area contributed by atoms with E-state index in [4.69, 9.17) is 9.84 Å². The standard InChI is InChI=1S/C7H7NO3S/c9-7(10)5-3-4-6(12-5)8-1-2-11-4/h3,8H,1-2H2,(H,9,10). The molecule has 0 spiro atoms. The third kappa shape index (κ3) is 1.12. The smallest absolute Gasteiger partial charge is 0.346 e. The van der Waals surface area contributed by atoms with Crippen molar-refractivity contribution in [1.82, 2.24) is 0 Å². The number of carbonyl (C=O) groups is 1. The van der Waals surface area contributed by atoms with E-state index in [0.717, 1.165) is 11.5 Å². The van der Waals surface area contributed by atoms with Gasteiger partial charge in [0.2, 0.25) is 0 Å². The molecule has 2 heterocycles. The van der Waals surface area contributed by atoms with E-state index in [2.05, 4.69) is 5.32 Å². The molecule has 5 heteroatoms. The van der Waals surface area contributed by atoms with E-state index in [0.29, 0.717) is 17.2 Å². The van der Waals surface area contributed by atoms with Crippen LogP contribution in [0.4, 0.5) is 5.00 Å². The third-order valence-electron chi connectivity index (χ3n) is 1.55. The van der Waals surface area contributed by atoms with Crippen LogP contribution in [0, 0.1) is 0 Å². The van der Waals surface area contributed by atoms with Gasteiger partial charge in [-0.15, -0.1) is 11.3 Å². The number of hydrogen-bond acceptors (Lipinski definition) is 4. The second-order valence-corrected chi connectivity index (χ2v) is 3.44. The van der Waals surface area contributed by atoms with Crippen molar-refractivity contribution >= 4 is 22.3 Å². The summed E-state index contributed by atoms with van der Waals surface area (Å²) in [5.74, 6) is -0.247. The van der Waals surface area contributed by atoms with Crippen molar-refractivity contribution in [3.63, 3.8) is 0 Å². The van der Waals surface area contributed by atoms with Crippen LogP contribution < -0.4 is 10.1 Å². The lowest BCUT2D eigenvalue weighted by Crippen LogP contribution is -2.15. The number of anilines is 1. The van der Waals surface area contributed by atoms with Crippen molar-refractivity contribution in [2.45, 2.75) is 0 Å². The summed E-state index contributed by atoms with van der Waals surface area (Å²) >= 11 is 1.21. The predicted octanol–water partition coefficient (Wildman–Crippen LogP) is 1.25. The van der Waals surface area contributed by atoms with Gasteiger partial charge in [-0.05, 0) is 0 Å². The monoisotopic (exact) mass is 185 g/mol. The van der Waals surface area contributed by atoms with E-state index < -0.39 is 5.97 Å². The molecular formula is C7H7NO3S. The van der Waals surface area contributed by atoms with Crippen LogP contribution in [0.25, 0.3) is 0 Å². The van der Waals surface area contributed by atoms with Crippen LogP contribution >= 0.6 is 11.3 Å². The summed E-state index contributed by atoms with van der Waals surface area (Å²) in [4.78, 5) is 10.9. The number of carboxylic acids is 1. The topological polar surface area (TPSA) is 58.6 Å². The molecule has 0 saturated carbocycles. The summed E-state index contributed by atoms with van der Waals surface area (Å²) in [5.41, 5.74) is 0. The molecule has 0 unspecified atom stereocenters. The number of fused-ring (bicyclic) bond motifs is 1. The van der Waals surface area contributed by atoms with Gasteiger partial charge in [-0.3, -0.25) is 0 Å². The molecule has 0 aromatic carbocycles. The van der Waals surface area contributed by atoms with Gasteiger partial charge in [0.05, 0.1) is 0 Å². The summed E-state index contributed by atoms with van der Waals surface area (Å²) < 4.78 is 5.24. The summed E-state index contributed by atoms with van der Waals surface area (Å²) in [5, 5.41) is 12.5. The average molecular weight is 185 g/mol. The molecule has 4 nitrogen and oxygen atoms in total.